The monoisotopic (exact) mass is 414 g/mol. The second-order valence-corrected chi connectivity index (χ2v) is 7.88. The highest BCUT2D eigenvalue weighted by Crippen LogP contribution is 2.12. The van der Waals surface area contributed by atoms with Crippen LogP contribution in [0.25, 0.3) is 0 Å². The molecule has 0 radical (unpaired) electrons. The van der Waals surface area contributed by atoms with E-state index in [9.17, 15) is 9.18 Å². The van der Waals surface area contributed by atoms with E-state index in [1.165, 1.54) is 18.9 Å². The van der Waals surface area contributed by atoms with Gasteiger partial charge in [0.05, 0.1) is 18.2 Å². The van der Waals surface area contributed by atoms with Crippen LogP contribution in [0.1, 0.15) is 36.8 Å². The normalized spacial score (nSPS) is 18.6. The molecule has 1 N–H and O–H groups in total. The molecule has 0 saturated carbocycles. The van der Waals surface area contributed by atoms with Gasteiger partial charge in [-0.2, -0.15) is 5.26 Å². The van der Waals surface area contributed by atoms with Crippen LogP contribution in [0.2, 0.25) is 0 Å². The van der Waals surface area contributed by atoms with E-state index in [1.807, 2.05) is 11.0 Å². The summed E-state index contributed by atoms with van der Waals surface area (Å²) < 4.78 is 14.1. The molecule has 2 aliphatic rings. The molecule has 1 aromatic carbocycles. The van der Waals surface area contributed by atoms with Crippen LogP contribution in [0.3, 0.4) is 0 Å². The molecule has 1 amide bonds. The van der Waals surface area contributed by atoms with E-state index in [2.05, 4.69) is 20.1 Å². The first-order chi connectivity index (χ1) is 14.6. The van der Waals surface area contributed by atoms with Crippen molar-refractivity contribution in [2.45, 2.75) is 32.2 Å². The third-order valence-corrected chi connectivity index (χ3v) is 5.82. The maximum atomic E-state index is 14.1. The molecule has 2 fully saturated rings. The van der Waals surface area contributed by atoms with Gasteiger partial charge >= 0.3 is 0 Å². The molecule has 1 aromatic rings. The lowest BCUT2D eigenvalue weighted by Crippen LogP contribution is -2.54. The van der Waals surface area contributed by atoms with Crippen LogP contribution < -0.4 is 5.32 Å². The first-order valence-corrected chi connectivity index (χ1v) is 10.7. The predicted octanol–water partition coefficient (Wildman–Crippen LogP) is 1.79. The lowest BCUT2D eigenvalue weighted by Gasteiger charge is -2.37. The van der Waals surface area contributed by atoms with Crippen molar-refractivity contribution in [2.24, 2.45) is 4.99 Å². The van der Waals surface area contributed by atoms with Crippen LogP contribution in [0.15, 0.2) is 23.2 Å². The fourth-order valence-electron chi connectivity index (χ4n) is 4.00. The van der Waals surface area contributed by atoms with Gasteiger partial charge < -0.3 is 15.1 Å². The summed E-state index contributed by atoms with van der Waals surface area (Å²) >= 11 is 0. The van der Waals surface area contributed by atoms with Crippen molar-refractivity contribution in [3.05, 3.63) is 35.1 Å². The Balaban J connectivity index is 1.46. The summed E-state index contributed by atoms with van der Waals surface area (Å²) in [6, 6.07) is 6.43. The molecule has 2 saturated heterocycles. The Morgan fingerprint density at radius 2 is 1.80 bits per heavy atom. The second-order valence-electron chi connectivity index (χ2n) is 7.88. The minimum Gasteiger partial charge on any atom is -0.352 e. The van der Waals surface area contributed by atoms with E-state index in [1.54, 1.807) is 19.2 Å². The van der Waals surface area contributed by atoms with Crippen molar-refractivity contribution >= 4 is 11.9 Å². The Kier molecular flexibility index (Phi) is 8.03. The number of aliphatic imine (C=N–C) groups is 1. The molecule has 0 spiro atoms. The molecular formula is C22H31FN6O. The molecule has 0 aliphatic carbocycles. The molecule has 2 heterocycles. The summed E-state index contributed by atoms with van der Waals surface area (Å²) in [5, 5.41) is 12.1. The number of nitriles is 1. The molecule has 0 bridgehead atoms. The van der Waals surface area contributed by atoms with Crippen LogP contribution in [0.4, 0.5) is 4.39 Å². The van der Waals surface area contributed by atoms with Gasteiger partial charge in [0.1, 0.15) is 5.82 Å². The predicted molar refractivity (Wildman–Crippen MR) is 114 cm³/mol. The van der Waals surface area contributed by atoms with Crippen LogP contribution in [-0.2, 0) is 11.3 Å². The Hall–Kier alpha value is -2.66. The molecule has 3 rings (SSSR count). The molecule has 0 unspecified atom stereocenters. The van der Waals surface area contributed by atoms with E-state index in [0.29, 0.717) is 24.2 Å². The summed E-state index contributed by atoms with van der Waals surface area (Å²) in [6.07, 6.45) is 4.67. The summed E-state index contributed by atoms with van der Waals surface area (Å²) in [7, 11) is 1.71. The molecule has 30 heavy (non-hydrogen) atoms. The number of hydrogen-bond donors (Lipinski definition) is 1. The van der Waals surface area contributed by atoms with E-state index in [-0.39, 0.29) is 5.91 Å². The third kappa shape index (κ3) is 5.92. The van der Waals surface area contributed by atoms with Gasteiger partial charge in [-0.05, 0) is 25.0 Å². The van der Waals surface area contributed by atoms with E-state index in [0.717, 1.165) is 58.1 Å². The van der Waals surface area contributed by atoms with Crippen LogP contribution in [0, 0.1) is 17.1 Å². The Bertz CT molecular complexity index is 789. The molecular weight excluding hydrogens is 383 g/mol. The summed E-state index contributed by atoms with van der Waals surface area (Å²) in [6.45, 7) is 5.69. The van der Waals surface area contributed by atoms with Gasteiger partial charge in [-0.3, -0.25) is 14.7 Å². The number of carbonyl (C=O) groups excluding carboxylic acids is 1. The number of guanidine groups is 1. The van der Waals surface area contributed by atoms with Crippen LogP contribution >= 0.6 is 0 Å². The fraction of sp³-hybridized carbons (Fsp3) is 0.591. The van der Waals surface area contributed by atoms with Gasteiger partial charge in [0.25, 0.3) is 0 Å². The fourth-order valence-corrected chi connectivity index (χ4v) is 4.00. The largest absolute Gasteiger partial charge is 0.352 e. The molecule has 0 atom stereocenters. The van der Waals surface area contributed by atoms with Crippen molar-refractivity contribution in [1.82, 2.24) is 20.0 Å². The van der Waals surface area contributed by atoms with Crippen LogP contribution in [0.5, 0.6) is 0 Å². The average molecular weight is 415 g/mol. The average Bonchev–Trinajstić information content (AvgIpc) is 3.06. The van der Waals surface area contributed by atoms with Crippen molar-refractivity contribution in [1.29, 1.82) is 5.26 Å². The number of nitrogens with zero attached hydrogens (tertiary/aromatic N) is 5. The van der Waals surface area contributed by atoms with E-state index >= 15 is 0 Å². The number of rotatable bonds is 4. The summed E-state index contributed by atoms with van der Waals surface area (Å²) in [4.78, 5) is 23.3. The van der Waals surface area contributed by atoms with Gasteiger partial charge in [-0.15, -0.1) is 0 Å². The van der Waals surface area contributed by atoms with Crippen molar-refractivity contribution in [3.63, 3.8) is 0 Å². The number of amides is 1. The topological polar surface area (TPSA) is 75.0 Å². The number of benzene rings is 1. The smallest absolute Gasteiger partial charge is 0.236 e. The highest BCUT2D eigenvalue weighted by atomic mass is 19.1. The molecule has 7 nitrogen and oxygen atoms in total. The zero-order valence-corrected chi connectivity index (χ0v) is 17.7. The maximum absolute atomic E-state index is 14.1. The van der Waals surface area contributed by atoms with Gasteiger partial charge in [0, 0.05) is 58.4 Å². The van der Waals surface area contributed by atoms with Gasteiger partial charge in [0.2, 0.25) is 5.91 Å². The number of nitrogens with one attached hydrogen (secondary N) is 1. The zero-order valence-electron chi connectivity index (χ0n) is 17.7. The molecule has 8 heteroatoms. The van der Waals surface area contributed by atoms with Crippen molar-refractivity contribution in [2.75, 3.05) is 52.9 Å². The third-order valence-electron chi connectivity index (χ3n) is 5.82. The first kappa shape index (κ1) is 22.0. The number of piperazine rings is 1. The highest BCUT2D eigenvalue weighted by molar-refractivity contribution is 5.80. The van der Waals surface area contributed by atoms with Gasteiger partial charge in [0.15, 0.2) is 5.96 Å². The van der Waals surface area contributed by atoms with Gasteiger partial charge in [-0.1, -0.05) is 18.9 Å². The highest BCUT2D eigenvalue weighted by Gasteiger charge is 2.23. The molecule has 0 aromatic heterocycles. The summed E-state index contributed by atoms with van der Waals surface area (Å²) in [5.41, 5.74) is 0.809. The Labute approximate surface area is 178 Å². The van der Waals surface area contributed by atoms with Crippen LogP contribution in [-0.4, -0.2) is 79.4 Å². The summed E-state index contributed by atoms with van der Waals surface area (Å²) in [5.74, 6) is 0.565. The standard InChI is InChI=1S/C22H31FN6O/c1-25-22(26-16-19-7-6-18(15-24)14-20(19)23)29-12-10-27(11-13-29)17-21(30)28-8-4-2-3-5-9-28/h6-7,14H,2-5,8-13,16-17H2,1H3,(H,25,26). The lowest BCUT2D eigenvalue weighted by molar-refractivity contribution is -0.132. The number of hydrogen-bond acceptors (Lipinski definition) is 4. The molecule has 2 aliphatic heterocycles. The first-order valence-electron chi connectivity index (χ1n) is 10.7. The van der Waals surface area contributed by atoms with E-state index in [4.69, 9.17) is 5.26 Å². The number of halogens is 1. The van der Waals surface area contributed by atoms with E-state index < -0.39 is 5.82 Å². The number of likely N-dealkylation sites (tertiary alicyclic amines) is 1. The van der Waals surface area contributed by atoms with Crippen molar-refractivity contribution < 1.29 is 9.18 Å². The maximum Gasteiger partial charge on any atom is 0.236 e. The second kappa shape index (κ2) is 10.9. The van der Waals surface area contributed by atoms with Gasteiger partial charge in [-0.25, -0.2) is 4.39 Å². The zero-order chi connectivity index (χ0) is 21.3. The minimum absolute atomic E-state index is 0.240. The SMILES string of the molecule is CN=C(NCc1ccc(C#N)cc1F)N1CCN(CC(=O)N2CCCCCC2)CC1. The Morgan fingerprint density at radius 1 is 1.10 bits per heavy atom. The quantitative estimate of drug-likeness (QED) is 0.601. The molecule has 162 valence electrons. The van der Waals surface area contributed by atoms with Crippen molar-refractivity contribution in [3.8, 4) is 6.07 Å². The minimum atomic E-state index is -0.395. The number of carbonyl (C=O) groups is 1. The Morgan fingerprint density at radius 3 is 2.40 bits per heavy atom. The lowest BCUT2D eigenvalue weighted by atomic mass is 10.1.